The first-order chi connectivity index (χ1) is 10.4. The lowest BCUT2D eigenvalue weighted by molar-refractivity contribution is -0.144. The lowest BCUT2D eigenvalue weighted by atomic mass is 10.2. The number of aliphatic hydroxyl groups is 1. The molecule has 8 nitrogen and oxygen atoms in total. The average Bonchev–Trinajstić information content (AvgIpc) is 2.74. The normalized spacial score (nSPS) is 17.7. The van der Waals surface area contributed by atoms with E-state index in [1.54, 1.807) is 22.6 Å². The number of anilines is 1. The van der Waals surface area contributed by atoms with Crippen LogP contribution in [-0.4, -0.2) is 49.4 Å². The van der Waals surface area contributed by atoms with Gasteiger partial charge in [0.05, 0.1) is 22.1 Å². The fraction of sp³-hybridized carbons (Fsp3) is 0.231. The minimum Gasteiger partial charge on any atom is -0.478 e. The molecule has 22 heavy (non-hydrogen) atoms. The van der Waals surface area contributed by atoms with E-state index in [9.17, 15) is 24.3 Å². The van der Waals surface area contributed by atoms with Crippen molar-refractivity contribution in [2.75, 3.05) is 9.44 Å². The van der Waals surface area contributed by atoms with E-state index in [1.807, 2.05) is 0 Å². The molecular formula is C13H11IN2O6. The Morgan fingerprint density at radius 2 is 1.86 bits per heavy atom. The number of carbonyl (C=O) groups is 4. The van der Waals surface area contributed by atoms with E-state index in [-0.39, 0.29) is 15.7 Å². The Hall–Kier alpha value is -2.01. The SMILES string of the molecule is O=C(O)c1ccc(N(C(=O)CI)N2C(=O)CC(O)C2=O)cc1. The van der Waals surface area contributed by atoms with Gasteiger partial charge >= 0.3 is 5.97 Å². The van der Waals surface area contributed by atoms with Crippen molar-refractivity contribution in [3.8, 4) is 0 Å². The predicted octanol–water partition coefficient (Wildman–Crippen LogP) is 0.188. The highest BCUT2D eigenvalue weighted by Gasteiger charge is 2.43. The Bertz CT molecular complexity index is 644. The van der Waals surface area contributed by atoms with Crippen LogP contribution in [0.3, 0.4) is 0 Å². The van der Waals surface area contributed by atoms with Crippen molar-refractivity contribution in [3.05, 3.63) is 29.8 Å². The van der Waals surface area contributed by atoms with Gasteiger partial charge in [-0.3, -0.25) is 14.4 Å². The largest absolute Gasteiger partial charge is 0.478 e. The summed E-state index contributed by atoms with van der Waals surface area (Å²) < 4.78 is -0.00834. The van der Waals surface area contributed by atoms with Gasteiger partial charge in [-0.15, -0.1) is 0 Å². The Morgan fingerprint density at radius 1 is 1.27 bits per heavy atom. The lowest BCUT2D eigenvalue weighted by Crippen LogP contribution is -2.51. The first-order valence-electron chi connectivity index (χ1n) is 6.14. The molecule has 3 amide bonds. The molecule has 1 aliphatic rings. The average molecular weight is 418 g/mol. The van der Waals surface area contributed by atoms with Crippen molar-refractivity contribution < 1.29 is 29.4 Å². The summed E-state index contributed by atoms with van der Waals surface area (Å²) in [5.74, 6) is -3.26. The summed E-state index contributed by atoms with van der Waals surface area (Å²) in [7, 11) is 0. The number of carbonyl (C=O) groups excluding carboxylic acids is 3. The van der Waals surface area contributed by atoms with Crippen molar-refractivity contribution in [2.24, 2.45) is 0 Å². The number of benzene rings is 1. The molecule has 0 saturated carbocycles. The van der Waals surface area contributed by atoms with E-state index < -0.39 is 36.2 Å². The molecule has 1 atom stereocenters. The van der Waals surface area contributed by atoms with Crippen molar-refractivity contribution in [1.82, 2.24) is 5.01 Å². The van der Waals surface area contributed by atoms with Gasteiger partial charge in [-0.05, 0) is 24.3 Å². The second-order valence-corrected chi connectivity index (χ2v) is 5.22. The lowest BCUT2D eigenvalue weighted by Gasteiger charge is -2.29. The molecule has 1 heterocycles. The van der Waals surface area contributed by atoms with E-state index in [0.29, 0.717) is 5.01 Å². The predicted molar refractivity (Wildman–Crippen MR) is 82.3 cm³/mol. The molecule has 116 valence electrons. The standard InChI is InChI=1S/C13H11IN2O6/c14-6-11(19)15(16-10(18)5-9(17)12(16)20)8-3-1-7(2-4-8)13(21)22/h1-4,9,17H,5-6H2,(H,21,22). The number of aromatic carboxylic acids is 1. The molecule has 1 aromatic rings. The topological polar surface area (TPSA) is 115 Å². The summed E-state index contributed by atoms with van der Waals surface area (Å²) in [5.41, 5.74) is 0.173. The zero-order valence-corrected chi connectivity index (χ0v) is 13.3. The van der Waals surface area contributed by atoms with Gasteiger partial charge in [-0.1, -0.05) is 22.6 Å². The monoisotopic (exact) mass is 418 g/mol. The summed E-state index contributed by atoms with van der Waals surface area (Å²) in [5, 5.41) is 19.8. The number of aliphatic hydroxyl groups excluding tert-OH is 1. The number of nitrogens with zero attached hydrogens (tertiary/aromatic N) is 2. The van der Waals surface area contributed by atoms with Crippen molar-refractivity contribution in [1.29, 1.82) is 0 Å². The molecule has 0 bridgehead atoms. The Morgan fingerprint density at radius 3 is 2.27 bits per heavy atom. The van der Waals surface area contributed by atoms with Crippen LogP contribution < -0.4 is 5.01 Å². The summed E-state index contributed by atoms with van der Waals surface area (Å²) in [6, 6.07) is 5.15. The number of carboxylic acids is 1. The van der Waals surface area contributed by atoms with Crippen LogP contribution in [0.25, 0.3) is 0 Å². The van der Waals surface area contributed by atoms with Gasteiger partial charge in [0.15, 0.2) is 0 Å². The molecule has 1 aromatic carbocycles. The summed E-state index contributed by atoms with van der Waals surface area (Å²) in [4.78, 5) is 46.7. The van der Waals surface area contributed by atoms with Gasteiger partial charge in [0.25, 0.3) is 17.7 Å². The number of hydrazine groups is 1. The minimum atomic E-state index is -1.48. The van der Waals surface area contributed by atoms with Gasteiger partial charge in [0.1, 0.15) is 6.10 Å². The summed E-state index contributed by atoms with van der Waals surface area (Å²) >= 11 is 1.78. The summed E-state index contributed by atoms with van der Waals surface area (Å²) in [6.07, 6.45) is -1.87. The molecule has 2 rings (SSSR count). The minimum absolute atomic E-state index is 0.00438. The van der Waals surface area contributed by atoms with Crippen molar-refractivity contribution in [2.45, 2.75) is 12.5 Å². The second-order valence-electron chi connectivity index (χ2n) is 4.45. The number of carboxylic acid groups (broad SMARTS) is 1. The van der Waals surface area contributed by atoms with E-state index in [1.165, 1.54) is 24.3 Å². The maximum absolute atomic E-state index is 12.1. The highest BCUT2D eigenvalue weighted by molar-refractivity contribution is 14.1. The smallest absolute Gasteiger partial charge is 0.335 e. The third-order valence-electron chi connectivity index (χ3n) is 3.01. The molecular weight excluding hydrogens is 407 g/mol. The quantitative estimate of drug-likeness (QED) is 0.410. The van der Waals surface area contributed by atoms with Crippen molar-refractivity contribution in [3.63, 3.8) is 0 Å². The summed E-state index contributed by atoms with van der Waals surface area (Å²) in [6.45, 7) is 0. The number of amides is 3. The maximum Gasteiger partial charge on any atom is 0.335 e. The molecule has 1 unspecified atom stereocenters. The first kappa shape index (κ1) is 16.4. The van der Waals surface area contributed by atoms with Crippen LogP contribution in [0.5, 0.6) is 0 Å². The van der Waals surface area contributed by atoms with Crippen LogP contribution in [-0.2, 0) is 14.4 Å². The molecule has 0 aliphatic carbocycles. The van der Waals surface area contributed by atoms with Crippen LogP contribution >= 0.6 is 22.6 Å². The van der Waals surface area contributed by atoms with Gasteiger partial charge in [-0.25, -0.2) is 9.80 Å². The van der Waals surface area contributed by atoms with Gasteiger partial charge in [0.2, 0.25) is 0 Å². The number of imide groups is 1. The highest BCUT2D eigenvalue weighted by atomic mass is 127. The fourth-order valence-electron chi connectivity index (χ4n) is 1.99. The van der Waals surface area contributed by atoms with Crippen LogP contribution in [0.4, 0.5) is 5.69 Å². The van der Waals surface area contributed by atoms with Gasteiger partial charge in [-0.2, -0.15) is 5.01 Å². The number of hydrogen-bond donors (Lipinski definition) is 2. The zero-order chi connectivity index (χ0) is 16.4. The molecule has 9 heteroatoms. The van der Waals surface area contributed by atoms with E-state index in [4.69, 9.17) is 5.11 Å². The number of alkyl halides is 1. The van der Waals surface area contributed by atoms with Crippen LogP contribution in [0.15, 0.2) is 24.3 Å². The molecule has 2 N–H and O–H groups in total. The van der Waals surface area contributed by atoms with E-state index >= 15 is 0 Å². The fourth-order valence-corrected chi connectivity index (χ4v) is 2.31. The third-order valence-corrected chi connectivity index (χ3v) is 3.66. The molecule has 1 saturated heterocycles. The van der Waals surface area contributed by atoms with Crippen LogP contribution in [0, 0.1) is 0 Å². The van der Waals surface area contributed by atoms with Crippen molar-refractivity contribution >= 4 is 52.0 Å². The van der Waals surface area contributed by atoms with E-state index in [2.05, 4.69) is 0 Å². The Labute approximate surface area is 138 Å². The van der Waals surface area contributed by atoms with E-state index in [0.717, 1.165) is 5.01 Å². The zero-order valence-electron chi connectivity index (χ0n) is 11.1. The molecule has 1 aliphatic heterocycles. The van der Waals surface area contributed by atoms with Crippen LogP contribution in [0.1, 0.15) is 16.8 Å². The maximum atomic E-state index is 12.1. The van der Waals surface area contributed by atoms with Gasteiger partial charge < -0.3 is 10.2 Å². The second kappa shape index (κ2) is 6.40. The highest BCUT2D eigenvalue weighted by Crippen LogP contribution is 2.24. The number of halogens is 1. The Balaban J connectivity index is 2.43. The molecule has 0 spiro atoms. The molecule has 0 radical (unpaired) electrons. The van der Waals surface area contributed by atoms with Gasteiger partial charge in [0, 0.05) is 0 Å². The van der Waals surface area contributed by atoms with Crippen LogP contribution in [0.2, 0.25) is 0 Å². The first-order valence-corrected chi connectivity index (χ1v) is 7.66. The number of rotatable bonds is 4. The number of hydrogen-bond acceptors (Lipinski definition) is 5. The Kier molecular flexibility index (Phi) is 4.76. The third kappa shape index (κ3) is 2.95. The molecule has 0 aromatic heterocycles. The molecule has 1 fully saturated rings.